The van der Waals surface area contributed by atoms with Gasteiger partial charge in [0.05, 0.1) is 6.07 Å². The standard InChI is InChI=1S/C18H29N3/c1-5-18(15-19,20-6-2)13-10-14-21(7-3)17-12-9-8-11-16(17)4/h8-9,11-12,20H,5-7,10,13-14H2,1-4H3. The molecule has 1 N–H and O–H groups in total. The Morgan fingerprint density at radius 1 is 1.24 bits per heavy atom. The molecule has 0 amide bonds. The van der Waals surface area contributed by atoms with Gasteiger partial charge in [-0.1, -0.05) is 32.0 Å². The summed E-state index contributed by atoms with van der Waals surface area (Å²) in [5, 5.41) is 12.8. The van der Waals surface area contributed by atoms with E-state index in [1.165, 1.54) is 11.3 Å². The largest absolute Gasteiger partial charge is 0.372 e. The van der Waals surface area contributed by atoms with Crippen LogP contribution in [0.4, 0.5) is 5.69 Å². The Morgan fingerprint density at radius 3 is 2.48 bits per heavy atom. The Balaban J connectivity index is 2.64. The SMILES string of the molecule is CCNC(C#N)(CC)CCCN(CC)c1ccccc1C. The molecule has 0 saturated heterocycles. The Labute approximate surface area is 130 Å². The lowest BCUT2D eigenvalue weighted by atomic mass is 9.92. The summed E-state index contributed by atoms with van der Waals surface area (Å²) in [6.45, 7) is 11.3. The second kappa shape index (κ2) is 8.69. The summed E-state index contributed by atoms with van der Waals surface area (Å²) in [5.74, 6) is 0. The lowest BCUT2D eigenvalue weighted by Crippen LogP contribution is -2.43. The van der Waals surface area contributed by atoms with Crippen molar-refractivity contribution in [3.05, 3.63) is 29.8 Å². The van der Waals surface area contributed by atoms with E-state index in [1.807, 2.05) is 0 Å². The van der Waals surface area contributed by atoms with E-state index in [-0.39, 0.29) is 5.54 Å². The number of nitriles is 1. The van der Waals surface area contributed by atoms with Crippen LogP contribution in [-0.2, 0) is 0 Å². The summed E-state index contributed by atoms with van der Waals surface area (Å²) < 4.78 is 0. The molecule has 0 aliphatic carbocycles. The molecule has 0 aliphatic heterocycles. The van der Waals surface area contributed by atoms with Crippen LogP contribution in [-0.4, -0.2) is 25.2 Å². The number of hydrogen-bond donors (Lipinski definition) is 1. The minimum absolute atomic E-state index is 0.361. The van der Waals surface area contributed by atoms with E-state index in [2.05, 4.69) is 68.2 Å². The Hall–Kier alpha value is -1.53. The Morgan fingerprint density at radius 2 is 1.95 bits per heavy atom. The second-order valence-corrected chi connectivity index (χ2v) is 5.55. The minimum atomic E-state index is -0.361. The fraction of sp³-hybridized carbons (Fsp3) is 0.611. The van der Waals surface area contributed by atoms with Crippen molar-refractivity contribution in [2.75, 3.05) is 24.5 Å². The highest BCUT2D eigenvalue weighted by Gasteiger charge is 2.26. The number of para-hydroxylation sites is 1. The van der Waals surface area contributed by atoms with Gasteiger partial charge in [-0.05, 0) is 51.3 Å². The van der Waals surface area contributed by atoms with Gasteiger partial charge in [0.2, 0.25) is 0 Å². The molecule has 1 rings (SSSR count). The normalized spacial score (nSPS) is 13.5. The number of anilines is 1. The molecule has 0 bridgehead atoms. The molecule has 0 fully saturated rings. The quantitative estimate of drug-likeness (QED) is 0.749. The number of benzene rings is 1. The number of aryl methyl sites for hydroxylation is 1. The molecule has 3 heteroatoms. The van der Waals surface area contributed by atoms with E-state index in [0.717, 1.165) is 38.9 Å². The van der Waals surface area contributed by atoms with Gasteiger partial charge < -0.3 is 4.90 Å². The zero-order chi connectivity index (χ0) is 15.7. The molecule has 1 unspecified atom stereocenters. The first-order valence-electron chi connectivity index (χ1n) is 8.09. The maximum Gasteiger partial charge on any atom is 0.106 e. The fourth-order valence-electron chi connectivity index (χ4n) is 2.84. The maximum absolute atomic E-state index is 9.47. The van der Waals surface area contributed by atoms with Gasteiger partial charge >= 0.3 is 0 Å². The van der Waals surface area contributed by atoms with Crippen LogP contribution in [0.25, 0.3) is 0 Å². The highest BCUT2D eigenvalue weighted by Crippen LogP contribution is 2.22. The number of nitrogens with zero attached hydrogens (tertiary/aromatic N) is 2. The van der Waals surface area contributed by atoms with Gasteiger partial charge in [0.15, 0.2) is 0 Å². The van der Waals surface area contributed by atoms with E-state index >= 15 is 0 Å². The Kier molecular flexibility index (Phi) is 7.25. The molecule has 1 aromatic carbocycles. The molecule has 1 atom stereocenters. The summed E-state index contributed by atoms with van der Waals surface area (Å²) in [6, 6.07) is 11.0. The van der Waals surface area contributed by atoms with Crippen LogP contribution in [0, 0.1) is 18.3 Å². The summed E-state index contributed by atoms with van der Waals surface area (Å²) in [4.78, 5) is 2.40. The summed E-state index contributed by atoms with van der Waals surface area (Å²) in [7, 11) is 0. The summed E-state index contributed by atoms with van der Waals surface area (Å²) >= 11 is 0. The zero-order valence-electron chi connectivity index (χ0n) is 13.9. The number of nitrogens with one attached hydrogen (secondary N) is 1. The molecular formula is C18H29N3. The van der Waals surface area contributed by atoms with Crippen LogP contribution in [0.15, 0.2) is 24.3 Å². The molecule has 0 spiro atoms. The molecule has 0 saturated carbocycles. The zero-order valence-corrected chi connectivity index (χ0v) is 13.9. The van der Waals surface area contributed by atoms with Crippen LogP contribution in [0.2, 0.25) is 0 Å². The van der Waals surface area contributed by atoms with E-state index < -0.39 is 0 Å². The average Bonchev–Trinajstić information content (AvgIpc) is 2.51. The highest BCUT2D eigenvalue weighted by molar-refractivity contribution is 5.52. The van der Waals surface area contributed by atoms with Crippen LogP contribution in [0.5, 0.6) is 0 Å². The van der Waals surface area contributed by atoms with Gasteiger partial charge in [-0.3, -0.25) is 5.32 Å². The lowest BCUT2D eigenvalue weighted by Gasteiger charge is -2.29. The highest BCUT2D eigenvalue weighted by atomic mass is 15.1. The molecular weight excluding hydrogens is 258 g/mol. The third kappa shape index (κ3) is 4.75. The van der Waals surface area contributed by atoms with E-state index in [9.17, 15) is 5.26 Å². The predicted molar refractivity (Wildman–Crippen MR) is 90.6 cm³/mol. The van der Waals surface area contributed by atoms with Crippen molar-refractivity contribution in [2.45, 2.75) is 52.5 Å². The molecule has 116 valence electrons. The van der Waals surface area contributed by atoms with Crippen molar-refractivity contribution in [1.82, 2.24) is 5.32 Å². The molecule has 0 aromatic heterocycles. The molecule has 3 nitrogen and oxygen atoms in total. The lowest BCUT2D eigenvalue weighted by molar-refractivity contribution is 0.373. The van der Waals surface area contributed by atoms with Gasteiger partial charge in [0, 0.05) is 18.8 Å². The van der Waals surface area contributed by atoms with E-state index in [4.69, 9.17) is 0 Å². The smallest absolute Gasteiger partial charge is 0.106 e. The summed E-state index contributed by atoms with van der Waals surface area (Å²) in [5.41, 5.74) is 2.26. The first kappa shape index (κ1) is 17.5. The number of rotatable bonds is 9. The van der Waals surface area contributed by atoms with Crippen molar-refractivity contribution in [1.29, 1.82) is 5.26 Å². The van der Waals surface area contributed by atoms with E-state index in [0.29, 0.717) is 0 Å². The molecule has 0 aliphatic rings. The monoisotopic (exact) mass is 287 g/mol. The van der Waals surface area contributed by atoms with Crippen LogP contribution < -0.4 is 10.2 Å². The average molecular weight is 287 g/mol. The van der Waals surface area contributed by atoms with Crippen molar-refractivity contribution < 1.29 is 0 Å². The number of hydrogen-bond acceptors (Lipinski definition) is 3. The van der Waals surface area contributed by atoms with Gasteiger partial charge in [0.25, 0.3) is 0 Å². The minimum Gasteiger partial charge on any atom is -0.372 e. The predicted octanol–water partition coefficient (Wildman–Crippen LogP) is 3.88. The van der Waals surface area contributed by atoms with Crippen molar-refractivity contribution in [2.24, 2.45) is 0 Å². The first-order valence-corrected chi connectivity index (χ1v) is 8.09. The first-order chi connectivity index (χ1) is 10.1. The topological polar surface area (TPSA) is 39.1 Å². The van der Waals surface area contributed by atoms with E-state index in [1.54, 1.807) is 0 Å². The third-order valence-electron chi connectivity index (χ3n) is 4.20. The van der Waals surface area contributed by atoms with Crippen LogP contribution >= 0.6 is 0 Å². The van der Waals surface area contributed by atoms with Crippen molar-refractivity contribution in [3.8, 4) is 6.07 Å². The third-order valence-corrected chi connectivity index (χ3v) is 4.20. The Bertz CT molecular complexity index is 464. The maximum atomic E-state index is 9.47. The van der Waals surface area contributed by atoms with Gasteiger partial charge in [0.1, 0.15) is 5.54 Å². The summed E-state index contributed by atoms with van der Waals surface area (Å²) in [6.07, 6.45) is 2.78. The van der Waals surface area contributed by atoms with Gasteiger partial charge in [-0.25, -0.2) is 0 Å². The van der Waals surface area contributed by atoms with Gasteiger partial charge in [-0.15, -0.1) is 0 Å². The molecule has 0 heterocycles. The molecule has 1 aromatic rings. The van der Waals surface area contributed by atoms with Crippen LogP contribution in [0.3, 0.4) is 0 Å². The fourth-order valence-corrected chi connectivity index (χ4v) is 2.84. The van der Waals surface area contributed by atoms with Crippen molar-refractivity contribution >= 4 is 5.69 Å². The molecule has 21 heavy (non-hydrogen) atoms. The van der Waals surface area contributed by atoms with Crippen molar-refractivity contribution in [3.63, 3.8) is 0 Å². The van der Waals surface area contributed by atoms with Gasteiger partial charge in [-0.2, -0.15) is 5.26 Å². The molecule has 0 radical (unpaired) electrons. The second-order valence-electron chi connectivity index (χ2n) is 5.55. The van der Waals surface area contributed by atoms with Crippen LogP contribution in [0.1, 0.15) is 45.6 Å².